The molecule has 1 aromatic carbocycles. The van der Waals surface area contributed by atoms with Crippen LogP contribution < -0.4 is 9.47 Å². The van der Waals surface area contributed by atoms with E-state index in [0.717, 1.165) is 36.5 Å². The number of hydrogen-bond donors (Lipinski definition) is 0. The summed E-state index contributed by atoms with van der Waals surface area (Å²) >= 11 is 0. The third-order valence-electron chi connectivity index (χ3n) is 4.32. The molecule has 1 aromatic rings. The molecule has 1 aliphatic heterocycles. The molecular weight excluding hydrogens is 362 g/mol. The Bertz CT molecular complexity index is 577. The lowest BCUT2D eigenvalue weighted by Crippen LogP contribution is -2.16. The summed E-state index contributed by atoms with van der Waals surface area (Å²) in [7, 11) is 2.63. The Labute approximate surface area is 166 Å². The van der Waals surface area contributed by atoms with Crippen LogP contribution in [0, 0.1) is 0 Å². The lowest BCUT2D eigenvalue weighted by Gasteiger charge is -2.12. The zero-order valence-electron chi connectivity index (χ0n) is 17.2. The van der Waals surface area contributed by atoms with Gasteiger partial charge >= 0.3 is 0 Å². The molecule has 5 nitrogen and oxygen atoms in total. The Balaban J connectivity index is 0.000000646. The number of carbonyl (C=O) groups is 1. The van der Waals surface area contributed by atoms with Crippen molar-refractivity contribution in [2.75, 3.05) is 26.6 Å². The molecule has 0 aliphatic carbocycles. The molecule has 0 radical (unpaired) electrons. The van der Waals surface area contributed by atoms with E-state index in [1.54, 1.807) is 14.1 Å². The molecule has 0 N–H and O–H groups in total. The molecule has 0 saturated carbocycles. The Morgan fingerprint density at radius 2 is 1.74 bits per heavy atom. The number of ether oxygens (including phenoxy) is 2. The quantitative estimate of drug-likeness (QED) is 0.416. The average molecular weight is 398 g/mol. The van der Waals surface area contributed by atoms with E-state index in [1.165, 1.54) is 42.6 Å². The first kappa shape index (κ1) is 23.5. The van der Waals surface area contributed by atoms with Crippen molar-refractivity contribution in [3.63, 3.8) is 0 Å². The first-order chi connectivity index (χ1) is 13.0. The highest BCUT2D eigenvalue weighted by molar-refractivity contribution is 7.85. The van der Waals surface area contributed by atoms with Crippen molar-refractivity contribution >= 4 is 17.2 Å². The zero-order valence-corrected chi connectivity index (χ0v) is 18.1. The Hall–Kier alpha value is -1.56. The minimum absolute atomic E-state index is 0.191. The molecule has 0 aromatic heterocycles. The molecule has 154 valence electrons. The third-order valence-corrected chi connectivity index (χ3v) is 6.07. The van der Waals surface area contributed by atoms with E-state index in [-0.39, 0.29) is 5.25 Å². The van der Waals surface area contributed by atoms with Crippen LogP contribution in [0.4, 0.5) is 0 Å². The number of rotatable bonds is 11. The number of hydrogen-bond acceptors (Lipinski definition) is 4. The highest BCUT2D eigenvalue weighted by Gasteiger charge is 2.16. The van der Waals surface area contributed by atoms with Crippen LogP contribution in [0.25, 0.3) is 0 Å². The topological polar surface area (TPSA) is 55.8 Å². The first-order valence-electron chi connectivity index (χ1n) is 9.85. The fourth-order valence-corrected chi connectivity index (χ4v) is 3.99. The maximum Gasteiger partial charge on any atom is 0.231 e. The van der Waals surface area contributed by atoms with Gasteiger partial charge in [-0.1, -0.05) is 52.0 Å². The van der Waals surface area contributed by atoms with Gasteiger partial charge in [0.25, 0.3) is 0 Å². The molecule has 1 aliphatic rings. The third kappa shape index (κ3) is 9.80. The molecule has 2 rings (SSSR count). The van der Waals surface area contributed by atoms with Gasteiger partial charge < -0.3 is 14.4 Å². The number of fused-ring (bicyclic) bond motifs is 1. The first-order valence-corrected chi connectivity index (χ1v) is 11.2. The van der Waals surface area contributed by atoms with Gasteiger partial charge in [-0.3, -0.25) is 9.00 Å². The summed E-state index contributed by atoms with van der Waals surface area (Å²) in [5, 5.41) is 0.191. The van der Waals surface area contributed by atoms with E-state index in [0.29, 0.717) is 6.79 Å². The molecule has 2 unspecified atom stereocenters. The van der Waals surface area contributed by atoms with Crippen molar-refractivity contribution in [1.82, 2.24) is 4.90 Å². The van der Waals surface area contributed by atoms with Gasteiger partial charge in [0.05, 0.1) is 0 Å². The van der Waals surface area contributed by atoms with Crippen molar-refractivity contribution in [3.05, 3.63) is 23.8 Å². The molecule has 0 saturated heterocycles. The van der Waals surface area contributed by atoms with Crippen LogP contribution in [0.1, 0.15) is 57.9 Å². The summed E-state index contributed by atoms with van der Waals surface area (Å²) in [6.45, 7) is 4.61. The van der Waals surface area contributed by atoms with Crippen molar-refractivity contribution in [2.45, 2.75) is 64.0 Å². The molecule has 0 spiro atoms. The number of nitrogens with zero attached hydrogens (tertiary/aromatic N) is 1. The van der Waals surface area contributed by atoms with E-state index in [1.807, 2.05) is 18.2 Å². The van der Waals surface area contributed by atoms with Crippen LogP contribution in [-0.4, -0.2) is 47.4 Å². The lowest BCUT2D eigenvalue weighted by atomic mass is 10.1. The van der Waals surface area contributed by atoms with Crippen molar-refractivity contribution in [3.8, 4) is 11.5 Å². The summed E-state index contributed by atoms with van der Waals surface area (Å²) < 4.78 is 23.0. The van der Waals surface area contributed by atoms with Gasteiger partial charge in [-0.15, -0.1) is 0 Å². The van der Waals surface area contributed by atoms with Gasteiger partial charge in [-0.25, -0.2) is 0 Å². The highest BCUT2D eigenvalue weighted by Crippen LogP contribution is 2.33. The second-order valence-electron chi connectivity index (χ2n) is 7.12. The molecular formula is C21H35NO4S. The maximum absolute atomic E-state index is 12.3. The second kappa shape index (κ2) is 13.6. The van der Waals surface area contributed by atoms with Gasteiger partial charge in [0.1, 0.15) is 0 Å². The van der Waals surface area contributed by atoms with Crippen molar-refractivity contribution < 1.29 is 18.5 Å². The van der Waals surface area contributed by atoms with Crippen LogP contribution >= 0.6 is 0 Å². The van der Waals surface area contributed by atoms with Gasteiger partial charge in [-0.05, 0) is 30.5 Å². The minimum Gasteiger partial charge on any atom is -0.454 e. The summed E-state index contributed by atoms with van der Waals surface area (Å²) in [5.41, 5.74) is 1.17. The molecule has 0 bridgehead atoms. The predicted molar refractivity (Wildman–Crippen MR) is 112 cm³/mol. The predicted octanol–water partition coefficient (Wildman–Crippen LogP) is 4.16. The van der Waals surface area contributed by atoms with Crippen LogP contribution in [0.15, 0.2) is 18.2 Å². The lowest BCUT2D eigenvalue weighted by molar-refractivity contribution is -0.115. The Morgan fingerprint density at radius 1 is 1.11 bits per heavy atom. The molecule has 2 atom stereocenters. The summed E-state index contributed by atoms with van der Waals surface area (Å²) in [6, 6.07) is 6.01. The molecule has 0 fully saturated rings. The number of amides is 1. The van der Waals surface area contributed by atoms with Crippen molar-refractivity contribution in [2.24, 2.45) is 0 Å². The van der Waals surface area contributed by atoms with Crippen LogP contribution in [0.2, 0.25) is 0 Å². The van der Waals surface area contributed by atoms with Crippen molar-refractivity contribution in [1.29, 1.82) is 0 Å². The summed E-state index contributed by atoms with van der Waals surface area (Å²) in [4.78, 5) is 10.9. The van der Waals surface area contributed by atoms with Gasteiger partial charge in [-0.2, -0.15) is 0 Å². The van der Waals surface area contributed by atoms with Crippen LogP contribution in [0.3, 0.4) is 0 Å². The zero-order chi connectivity index (χ0) is 20.1. The van der Waals surface area contributed by atoms with Gasteiger partial charge in [0, 0.05) is 35.9 Å². The summed E-state index contributed by atoms with van der Waals surface area (Å²) in [6.07, 6.45) is 9.07. The van der Waals surface area contributed by atoms with E-state index in [2.05, 4.69) is 13.8 Å². The fraction of sp³-hybridized carbons (Fsp3) is 0.667. The fourth-order valence-electron chi connectivity index (χ4n) is 2.72. The van der Waals surface area contributed by atoms with E-state index in [9.17, 15) is 9.00 Å². The Morgan fingerprint density at radius 3 is 2.41 bits per heavy atom. The van der Waals surface area contributed by atoms with E-state index in [4.69, 9.17) is 9.47 Å². The Kier molecular flexibility index (Phi) is 11.8. The SMILES string of the molecule is CCCCCCCCS(=O)C(C)Cc1ccc2c(c1)OCO2.CN(C)C=O. The summed E-state index contributed by atoms with van der Waals surface area (Å²) in [5.74, 6) is 2.45. The highest BCUT2D eigenvalue weighted by atomic mass is 32.2. The standard InChI is InChI=1S/C18H28O3S.C3H7NO/c1-3-4-5-6-7-8-11-22(19)15(2)12-16-9-10-17-18(13-16)21-14-20-17;1-4(2)3-5/h9-10,13,15H,3-8,11-12,14H2,1-2H3;3H,1-2H3. The number of carbonyl (C=O) groups excluding carboxylic acids is 1. The average Bonchev–Trinajstić information content (AvgIpc) is 3.12. The molecule has 1 heterocycles. The smallest absolute Gasteiger partial charge is 0.231 e. The van der Waals surface area contributed by atoms with Crippen LogP contribution in [-0.2, 0) is 22.0 Å². The second-order valence-corrected chi connectivity index (χ2v) is 9.10. The van der Waals surface area contributed by atoms with Gasteiger partial charge in [0.2, 0.25) is 13.2 Å². The largest absolute Gasteiger partial charge is 0.454 e. The molecule has 27 heavy (non-hydrogen) atoms. The molecule has 1 amide bonds. The van der Waals surface area contributed by atoms with Crippen LogP contribution in [0.5, 0.6) is 11.5 Å². The number of unbranched alkanes of at least 4 members (excludes halogenated alkanes) is 5. The maximum atomic E-state index is 12.3. The molecule has 6 heteroatoms. The minimum atomic E-state index is -0.743. The van der Waals surface area contributed by atoms with E-state index < -0.39 is 10.8 Å². The van der Waals surface area contributed by atoms with E-state index >= 15 is 0 Å². The normalized spacial score (nSPS) is 14.1. The number of benzene rings is 1. The van der Waals surface area contributed by atoms with Gasteiger partial charge in [0.15, 0.2) is 11.5 Å². The monoisotopic (exact) mass is 397 g/mol.